The van der Waals surface area contributed by atoms with E-state index in [0.29, 0.717) is 46.8 Å². The number of hydrogen-bond donors (Lipinski definition) is 2. The summed E-state index contributed by atoms with van der Waals surface area (Å²) in [5, 5.41) is 13.2. The quantitative estimate of drug-likeness (QED) is 0.197. The third-order valence-corrected chi connectivity index (χ3v) is 8.51. The number of likely N-dealkylation sites (tertiary alicyclic amines) is 1. The Morgan fingerprint density at radius 1 is 0.860 bits per heavy atom. The highest BCUT2D eigenvalue weighted by Gasteiger charge is 2.54. The standard InChI is InChI=1S/C34H29F3N4O2/c35-34(36,37)30-15-24(11-13-32(30)43-25-4-2-1-3-5-25)40-33-26-14-23(10-12-31(26)38-20-39-33)22-8-6-21(7-9-22)16-41-17-27-28(18-41)29(27)19-42/h1-15,20,27-29,42H,16-19H2,(H,38,39,40). The van der Waals surface area contributed by atoms with E-state index in [2.05, 4.69) is 44.5 Å². The number of ether oxygens (including phenoxy) is 1. The monoisotopic (exact) mass is 582 g/mol. The minimum Gasteiger partial charge on any atom is -0.457 e. The summed E-state index contributed by atoms with van der Waals surface area (Å²) < 4.78 is 47.6. The number of aromatic nitrogens is 2. The SMILES string of the molecule is OCC1C2CN(Cc3ccc(-c4ccc5ncnc(Nc6ccc(Oc7ccccc7)c(C(F)(F)F)c6)c5c4)cc3)CC12. The van der Waals surface area contributed by atoms with Gasteiger partial charge in [-0.3, -0.25) is 4.90 Å². The number of rotatable bonds is 8. The molecule has 1 saturated carbocycles. The van der Waals surface area contributed by atoms with Gasteiger partial charge in [0.15, 0.2) is 0 Å². The van der Waals surface area contributed by atoms with Crippen LogP contribution in [0.1, 0.15) is 11.1 Å². The molecule has 2 heterocycles. The molecule has 4 aromatic carbocycles. The number of aliphatic hydroxyl groups is 1. The zero-order valence-electron chi connectivity index (χ0n) is 23.1. The van der Waals surface area contributed by atoms with E-state index in [1.165, 1.54) is 24.0 Å². The highest BCUT2D eigenvalue weighted by Crippen LogP contribution is 2.51. The molecule has 2 atom stereocenters. The molecule has 0 spiro atoms. The van der Waals surface area contributed by atoms with Crippen LogP contribution in [0.4, 0.5) is 24.7 Å². The van der Waals surface area contributed by atoms with Crippen molar-refractivity contribution in [3.8, 4) is 22.6 Å². The van der Waals surface area contributed by atoms with Crippen LogP contribution < -0.4 is 10.1 Å². The van der Waals surface area contributed by atoms with Crippen molar-refractivity contribution in [2.24, 2.45) is 17.8 Å². The summed E-state index contributed by atoms with van der Waals surface area (Å²) in [4.78, 5) is 11.2. The van der Waals surface area contributed by atoms with Crippen LogP contribution in [0.2, 0.25) is 0 Å². The van der Waals surface area contributed by atoms with Crippen LogP contribution >= 0.6 is 0 Å². The van der Waals surface area contributed by atoms with Crippen molar-refractivity contribution in [2.45, 2.75) is 12.7 Å². The number of anilines is 2. The summed E-state index contributed by atoms with van der Waals surface area (Å²) in [7, 11) is 0. The number of halogens is 3. The van der Waals surface area contributed by atoms with Gasteiger partial charge >= 0.3 is 6.18 Å². The summed E-state index contributed by atoms with van der Waals surface area (Å²) in [5.74, 6) is 2.23. The maximum Gasteiger partial charge on any atom is 0.420 e. The summed E-state index contributed by atoms with van der Waals surface area (Å²) in [6, 6.07) is 26.5. The van der Waals surface area contributed by atoms with Gasteiger partial charge in [0.05, 0.1) is 5.52 Å². The molecular formula is C34H29F3N4O2. The van der Waals surface area contributed by atoms with Crippen molar-refractivity contribution in [2.75, 3.05) is 25.0 Å². The van der Waals surface area contributed by atoms with Crippen LogP contribution in [0, 0.1) is 17.8 Å². The first-order valence-corrected chi connectivity index (χ1v) is 14.2. The number of aliphatic hydroxyl groups excluding tert-OH is 1. The number of nitrogens with zero attached hydrogens (tertiary/aromatic N) is 3. The predicted octanol–water partition coefficient (Wildman–Crippen LogP) is 7.52. The molecule has 2 aliphatic rings. The van der Waals surface area contributed by atoms with E-state index in [1.807, 2.05) is 18.2 Å². The second kappa shape index (κ2) is 11.0. The van der Waals surface area contributed by atoms with Gasteiger partial charge < -0.3 is 15.2 Å². The topological polar surface area (TPSA) is 70.5 Å². The highest BCUT2D eigenvalue weighted by molar-refractivity contribution is 5.94. The van der Waals surface area contributed by atoms with Crippen molar-refractivity contribution < 1.29 is 23.0 Å². The summed E-state index contributed by atoms with van der Waals surface area (Å²) in [6.45, 7) is 3.29. The average Bonchev–Trinajstić information content (AvgIpc) is 3.50. The molecule has 1 aromatic heterocycles. The molecule has 6 nitrogen and oxygen atoms in total. The van der Waals surface area contributed by atoms with Gasteiger partial charge in [-0.1, -0.05) is 48.5 Å². The lowest BCUT2D eigenvalue weighted by molar-refractivity contribution is -0.138. The van der Waals surface area contributed by atoms with E-state index >= 15 is 0 Å². The lowest BCUT2D eigenvalue weighted by Crippen LogP contribution is -2.24. The first-order chi connectivity index (χ1) is 20.9. The van der Waals surface area contributed by atoms with Crippen LogP contribution in [0.25, 0.3) is 22.0 Å². The zero-order chi connectivity index (χ0) is 29.6. The number of hydrogen-bond acceptors (Lipinski definition) is 6. The molecular weight excluding hydrogens is 553 g/mol. The van der Waals surface area contributed by atoms with E-state index in [1.54, 1.807) is 30.3 Å². The third kappa shape index (κ3) is 5.66. The van der Waals surface area contributed by atoms with Crippen LogP contribution in [-0.2, 0) is 12.7 Å². The van der Waals surface area contributed by atoms with Gasteiger partial charge in [0.1, 0.15) is 29.2 Å². The molecule has 2 fully saturated rings. The first-order valence-electron chi connectivity index (χ1n) is 14.2. The lowest BCUT2D eigenvalue weighted by atomic mass is 10.0. The molecule has 0 bridgehead atoms. The second-order valence-electron chi connectivity index (χ2n) is 11.3. The molecule has 43 heavy (non-hydrogen) atoms. The Bertz CT molecular complexity index is 1750. The van der Waals surface area contributed by atoms with E-state index in [0.717, 1.165) is 36.8 Å². The van der Waals surface area contributed by atoms with Gasteiger partial charge in [-0.2, -0.15) is 13.2 Å². The summed E-state index contributed by atoms with van der Waals surface area (Å²) >= 11 is 0. The van der Waals surface area contributed by atoms with Crippen LogP contribution in [-0.4, -0.2) is 39.7 Å². The Balaban J connectivity index is 1.11. The molecule has 1 saturated heterocycles. The normalized spacial score (nSPS) is 19.8. The van der Waals surface area contributed by atoms with E-state index in [-0.39, 0.29) is 11.4 Å². The average molecular weight is 583 g/mol. The minimum atomic E-state index is -4.62. The number of para-hydroxylation sites is 1. The first kappa shape index (κ1) is 27.4. The van der Waals surface area contributed by atoms with Crippen LogP contribution in [0.3, 0.4) is 0 Å². The molecule has 2 unspecified atom stereocenters. The smallest absolute Gasteiger partial charge is 0.420 e. The molecule has 1 aliphatic carbocycles. The summed E-state index contributed by atoms with van der Waals surface area (Å²) in [5.41, 5.74) is 3.22. The maximum absolute atomic E-state index is 14.0. The van der Waals surface area contributed by atoms with Gasteiger partial charge in [-0.15, -0.1) is 0 Å². The fourth-order valence-electron chi connectivity index (χ4n) is 6.20. The van der Waals surface area contributed by atoms with Crippen molar-refractivity contribution in [3.05, 3.63) is 108 Å². The Morgan fingerprint density at radius 2 is 1.60 bits per heavy atom. The third-order valence-electron chi connectivity index (χ3n) is 8.51. The van der Waals surface area contributed by atoms with Gasteiger partial charge in [-0.05, 0) is 76.9 Å². The Morgan fingerprint density at radius 3 is 2.33 bits per heavy atom. The minimum absolute atomic E-state index is 0.229. The van der Waals surface area contributed by atoms with Gasteiger partial charge in [-0.25, -0.2) is 9.97 Å². The van der Waals surface area contributed by atoms with Crippen molar-refractivity contribution in [3.63, 3.8) is 0 Å². The van der Waals surface area contributed by atoms with Crippen LogP contribution in [0.5, 0.6) is 11.5 Å². The molecule has 0 radical (unpaired) electrons. The highest BCUT2D eigenvalue weighted by atomic mass is 19.4. The predicted molar refractivity (Wildman–Crippen MR) is 159 cm³/mol. The maximum atomic E-state index is 14.0. The molecule has 9 heteroatoms. The largest absolute Gasteiger partial charge is 0.457 e. The number of alkyl halides is 3. The van der Waals surface area contributed by atoms with E-state index in [4.69, 9.17) is 4.74 Å². The Labute approximate surface area is 246 Å². The number of fused-ring (bicyclic) bond motifs is 2. The van der Waals surface area contributed by atoms with Gasteiger partial charge in [0.2, 0.25) is 0 Å². The van der Waals surface area contributed by atoms with Crippen LogP contribution in [0.15, 0.2) is 97.3 Å². The van der Waals surface area contributed by atoms with E-state index in [9.17, 15) is 18.3 Å². The van der Waals surface area contributed by atoms with Crippen molar-refractivity contribution in [1.82, 2.24) is 14.9 Å². The molecule has 5 aromatic rings. The molecule has 218 valence electrons. The number of benzene rings is 4. The Hall–Kier alpha value is -4.47. The summed E-state index contributed by atoms with van der Waals surface area (Å²) in [6.07, 6.45) is -3.23. The molecule has 7 rings (SSSR count). The van der Waals surface area contributed by atoms with Gasteiger partial charge in [0.25, 0.3) is 0 Å². The lowest BCUT2D eigenvalue weighted by Gasteiger charge is -2.19. The fourth-order valence-corrected chi connectivity index (χ4v) is 6.20. The van der Waals surface area contributed by atoms with Crippen molar-refractivity contribution >= 4 is 22.4 Å². The second-order valence-corrected chi connectivity index (χ2v) is 11.3. The fraction of sp³-hybridized carbons (Fsp3) is 0.235. The zero-order valence-corrected chi connectivity index (χ0v) is 23.1. The molecule has 1 aliphatic heterocycles. The molecule has 2 N–H and O–H groups in total. The Kier molecular flexibility index (Phi) is 6.99. The number of nitrogens with one attached hydrogen (secondary N) is 1. The van der Waals surface area contributed by atoms with E-state index < -0.39 is 11.7 Å². The van der Waals surface area contributed by atoms with Crippen molar-refractivity contribution in [1.29, 1.82) is 0 Å². The molecule has 0 amide bonds. The van der Waals surface area contributed by atoms with Gasteiger partial charge in [0, 0.05) is 37.3 Å². The number of piperidine rings is 1.